The molecule has 10 heteroatoms. The highest BCUT2D eigenvalue weighted by Crippen LogP contribution is 2.37. The van der Waals surface area contributed by atoms with Crippen molar-refractivity contribution >= 4 is 17.3 Å². The van der Waals surface area contributed by atoms with Crippen molar-refractivity contribution in [2.75, 3.05) is 0 Å². The van der Waals surface area contributed by atoms with Crippen LogP contribution in [-0.2, 0) is 4.74 Å². The minimum atomic E-state index is -4.83. The molecule has 2 heterocycles. The summed E-state index contributed by atoms with van der Waals surface area (Å²) in [6.45, 7) is 1.56. The van der Waals surface area contributed by atoms with Crippen LogP contribution in [0.15, 0.2) is 66.0 Å². The lowest BCUT2D eigenvalue weighted by Crippen LogP contribution is -2.26. The van der Waals surface area contributed by atoms with Crippen LogP contribution in [0.4, 0.5) is 13.2 Å². The number of carbonyl (C=O) groups excluding carboxylic acids is 1. The van der Waals surface area contributed by atoms with Crippen LogP contribution in [-0.4, -0.2) is 31.9 Å². The van der Waals surface area contributed by atoms with Crippen molar-refractivity contribution in [3.8, 4) is 17.1 Å². The van der Waals surface area contributed by atoms with Crippen LogP contribution < -0.4 is 0 Å². The molecule has 0 saturated heterocycles. The van der Waals surface area contributed by atoms with E-state index in [2.05, 4.69) is 15.1 Å². The van der Waals surface area contributed by atoms with Crippen molar-refractivity contribution in [2.24, 2.45) is 0 Å². The standard InChI is InChI=1S/C21H15F3N4O2S/c1-13-12-31-19(25-13)16(21(22,23)24)30-20(29)17-26-18(14-8-4-2-5-9-14)28(27-17)15-10-6-3-7-11-15/h2-12,16H,1H3. The van der Waals surface area contributed by atoms with Gasteiger partial charge in [-0.2, -0.15) is 13.2 Å². The Morgan fingerprint density at radius 1 is 1.03 bits per heavy atom. The number of benzene rings is 2. The summed E-state index contributed by atoms with van der Waals surface area (Å²) in [7, 11) is 0. The molecule has 2 aromatic heterocycles. The minimum Gasteiger partial charge on any atom is -0.439 e. The first-order valence-electron chi connectivity index (χ1n) is 9.10. The van der Waals surface area contributed by atoms with Gasteiger partial charge < -0.3 is 4.74 Å². The van der Waals surface area contributed by atoms with Crippen molar-refractivity contribution in [3.05, 3.63) is 82.6 Å². The van der Waals surface area contributed by atoms with E-state index in [0.717, 1.165) is 11.3 Å². The Morgan fingerprint density at radius 2 is 1.68 bits per heavy atom. The van der Waals surface area contributed by atoms with Gasteiger partial charge in [0.25, 0.3) is 5.82 Å². The minimum absolute atomic E-state index is 0.299. The number of alkyl halides is 3. The third-order valence-electron chi connectivity index (χ3n) is 4.21. The van der Waals surface area contributed by atoms with Crippen LogP contribution >= 0.6 is 11.3 Å². The van der Waals surface area contributed by atoms with Crippen LogP contribution in [0, 0.1) is 6.92 Å². The Kier molecular flexibility index (Phi) is 5.55. The fourth-order valence-corrected chi connectivity index (χ4v) is 3.68. The number of carbonyl (C=O) groups is 1. The maximum absolute atomic E-state index is 13.5. The summed E-state index contributed by atoms with van der Waals surface area (Å²) in [6, 6.07) is 17.7. The number of rotatable bonds is 5. The van der Waals surface area contributed by atoms with Crippen molar-refractivity contribution in [1.29, 1.82) is 0 Å². The number of esters is 1. The molecule has 0 saturated carbocycles. The van der Waals surface area contributed by atoms with E-state index in [-0.39, 0.29) is 5.01 Å². The van der Waals surface area contributed by atoms with Gasteiger partial charge in [-0.25, -0.2) is 19.4 Å². The molecule has 2 aromatic carbocycles. The molecule has 0 fully saturated rings. The molecule has 158 valence electrons. The van der Waals surface area contributed by atoms with Gasteiger partial charge in [-0.05, 0) is 19.1 Å². The quantitative estimate of drug-likeness (QED) is 0.398. The SMILES string of the molecule is Cc1csc(C(OC(=O)c2nc(-c3ccccc3)n(-c3ccccc3)n2)C(F)(F)F)n1. The summed E-state index contributed by atoms with van der Waals surface area (Å²) in [6.07, 6.45) is -7.33. The van der Waals surface area contributed by atoms with Gasteiger partial charge in [-0.3, -0.25) is 0 Å². The first-order chi connectivity index (χ1) is 14.8. The molecule has 0 amide bonds. The number of halogens is 3. The van der Waals surface area contributed by atoms with E-state index in [1.165, 1.54) is 10.1 Å². The number of hydrogen-bond donors (Lipinski definition) is 0. The van der Waals surface area contributed by atoms with E-state index in [1.54, 1.807) is 55.5 Å². The molecule has 4 rings (SSSR count). The number of hydrogen-bond acceptors (Lipinski definition) is 6. The Morgan fingerprint density at radius 3 is 2.26 bits per heavy atom. The first kappa shape index (κ1) is 20.7. The summed E-state index contributed by atoms with van der Waals surface area (Å²) in [5.74, 6) is -1.47. The molecule has 1 unspecified atom stereocenters. The summed E-state index contributed by atoms with van der Waals surface area (Å²) in [4.78, 5) is 20.6. The highest BCUT2D eigenvalue weighted by Gasteiger charge is 2.46. The summed E-state index contributed by atoms with van der Waals surface area (Å²) < 4.78 is 46.8. The van der Waals surface area contributed by atoms with Gasteiger partial charge in [-0.1, -0.05) is 48.5 Å². The van der Waals surface area contributed by atoms with Gasteiger partial charge in [0, 0.05) is 16.6 Å². The third kappa shape index (κ3) is 4.48. The predicted octanol–water partition coefficient (Wildman–Crippen LogP) is 5.16. The molecule has 0 aliphatic carbocycles. The average molecular weight is 444 g/mol. The molecule has 4 aromatic rings. The van der Waals surface area contributed by atoms with Crippen molar-refractivity contribution in [2.45, 2.75) is 19.2 Å². The van der Waals surface area contributed by atoms with E-state index in [9.17, 15) is 18.0 Å². The third-order valence-corrected chi connectivity index (χ3v) is 5.21. The van der Waals surface area contributed by atoms with E-state index >= 15 is 0 Å². The molecule has 0 radical (unpaired) electrons. The molecule has 0 N–H and O–H groups in total. The van der Waals surface area contributed by atoms with Crippen LogP contribution in [0.25, 0.3) is 17.1 Å². The van der Waals surface area contributed by atoms with Crippen molar-refractivity contribution in [1.82, 2.24) is 19.7 Å². The maximum Gasteiger partial charge on any atom is 0.432 e. The summed E-state index contributed by atoms with van der Waals surface area (Å²) in [5, 5.41) is 5.24. The fraction of sp³-hybridized carbons (Fsp3) is 0.143. The molecule has 6 nitrogen and oxygen atoms in total. The molecular weight excluding hydrogens is 429 g/mol. The van der Waals surface area contributed by atoms with Gasteiger partial charge in [0.2, 0.25) is 6.10 Å². The normalized spacial score (nSPS) is 12.5. The molecular formula is C21H15F3N4O2S. The largest absolute Gasteiger partial charge is 0.439 e. The van der Waals surface area contributed by atoms with Gasteiger partial charge in [-0.15, -0.1) is 16.4 Å². The van der Waals surface area contributed by atoms with Crippen LogP contribution in [0.3, 0.4) is 0 Å². The Balaban J connectivity index is 1.72. The molecule has 31 heavy (non-hydrogen) atoms. The van der Waals surface area contributed by atoms with E-state index in [4.69, 9.17) is 4.74 Å². The van der Waals surface area contributed by atoms with Gasteiger partial charge in [0.1, 0.15) is 5.01 Å². The molecule has 0 aliphatic rings. The van der Waals surface area contributed by atoms with Crippen molar-refractivity contribution in [3.63, 3.8) is 0 Å². The summed E-state index contributed by atoms with van der Waals surface area (Å²) in [5.41, 5.74) is 1.64. The number of thiazole rings is 1. The second-order valence-electron chi connectivity index (χ2n) is 6.53. The van der Waals surface area contributed by atoms with Gasteiger partial charge >= 0.3 is 12.1 Å². The second kappa shape index (κ2) is 8.31. The molecule has 0 bridgehead atoms. The monoisotopic (exact) mass is 444 g/mol. The maximum atomic E-state index is 13.5. The van der Waals surface area contributed by atoms with Gasteiger partial charge in [0.05, 0.1) is 5.69 Å². The smallest absolute Gasteiger partial charge is 0.432 e. The lowest BCUT2D eigenvalue weighted by Gasteiger charge is -2.17. The Labute approximate surface area is 179 Å². The number of ether oxygens (including phenoxy) is 1. The highest BCUT2D eigenvalue weighted by molar-refractivity contribution is 7.09. The first-order valence-corrected chi connectivity index (χ1v) is 9.98. The lowest BCUT2D eigenvalue weighted by molar-refractivity contribution is -0.207. The van der Waals surface area contributed by atoms with E-state index < -0.39 is 24.1 Å². The van der Waals surface area contributed by atoms with Crippen LogP contribution in [0.1, 0.15) is 27.4 Å². The van der Waals surface area contributed by atoms with E-state index in [0.29, 0.717) is 22.8 Å². The molecule has 1 atom stereocenters. The Bertz CT molecular complexity index is 1130. The zero-order valence-corrected chi connectivity index (χ0v) is 16.9. The van der Waals surface area contributed by atoms with E-state index in [1.807, 2.05) is 12.1 Å². The lowest BCUT2D eigenvalue weighted by atomic mass is 10.2. The average Bonchev–Trinajstić information content (AvgIpc) is 3.39. The fourth-order valence-electron chi connectivity index (χ4n) is 2.83. The molecule has 0 spiro atoms. The molecule has 0 aliphatic heterocycles. The number of nitrogens with zero attached hydrogens (tertiary/aromatic N) is 4. The zero-order chi connectivity index (χ0) is 22.0. The predicted molar refractivity (Wildman–Crippen MR) is 108 cm³/mol. The number of para-hydroxylation sites is 1. The zero-order valence-electron chi connectivity index (χ0n) is 16.1. The topological polar surface area (TPSA) is 69.9 Å². The Hall–Kier alpha value is -3.53. The van der Waals surface area contributed by atoms with Gasteiger partial charge in [0.15, 0.2) is 5.82 Å². The summed E-state index contributed by atoms with van der Waals surface area (Å²) >= 11 is 0.769. The number of aromatic nitrogens is 4. The number of aryl methyl sites for hydroxylation is 1. The van der Waals surface area contributed by atoms with Crippen LogP contribution in [0.5, 0.6) is 0 Å². The highest BCUT2D eigenvalue weighted by atomic mass is 32.1. The van der Waals surface area contributed by atoms with Crippen molar-refractivity contribution < 1.29 is 22.7 Å². The van der Waals surface area contributed by atoms with Crippen LogP contribution in [0.2, 0.25) is 0 Å². The second-order valence-corrected chi connectivity index (χ2v) is 7.42.